The van der Waals surface area contributed by atoms with Gasteiger partial charge in [-0.1, -0.05) is 12.1 Å². The van der Waals surface area contributed by atoms with Crippen LogP contribution in [-0.2, 0) is 9.53 Å². The van der Waals surface area contributed by atoms with Crippen LogP contribution >= 0.6 is 0 Å². The lowest BCUT2D eigenvalue weighted by molar-refractivity contribution is -0.131. The molecule has 1 aromatic carbocycles. The Bertz CT molecular complexity index is 528. The van der Waals surface area contributed by atoms with E-state index in [1.165, 1.54) is 0 Å². The Morgan fingerprint density at radius 3 is 2.86 bits per heavy atom. The van der Waals surface area contributed by atoms with Crippen LogP contribution in [0.3, 0.4) is 0 Å². The van der Waals surface area contributed by atoms with Crippen LogP contribution in [0.15, 0.2) is 24.3 Å². The van der Waals surface area contributed by atoms with Crippen LogP contribution in [0.1, 0.15) is 31.0 Å². The van der Waals surface area contributed by atoms with Crippen molar-refractivity contribution >= 4 is 5.91 Å². The van der Waals surface area contributed by atoms with Gasteiger partial charge in [0.05, 0.1) is 7.11 Å². The molecule has 21 heavy (non-hydrogen) atoms. The third-order valence-electron chi connectivity index (χ3n) is 4.30. The number of rotatable bonds is 6. The normalized spacial score (nSPS) is 22.9. The molecule has 5 heteroatoms. The monoisotopic (exact) mass is 290 g/mol. The summed E-state index contributed by atoms with van der Waals surface area (Å²) in [6.45, 7) is 1.38. The molecule has 114 valence electrons. The quantitative estimate of drug-likeness (QED) is 0.810. The van der Waals surface area contributed by atoms with E-state index in [1.807, 2.05) is 29.2 Å². The largest absolute Gasteiger partial charge is 0.497 e. The number of nitrogens with zero attached hydrogens (tertiary/aromatic N) is 1. The SMILES string of the molecule is COCCCN1C(=O)C2(CC2)NC1c1cccc(OC)c1. The molecule has 5 nitrogen and oxygen atoms in total. The second-order valence-electron chi connectivity index (χ2n) is 5.75. The molecule has 1 aliphatic heterocycles. The maximum absolute atomic E-state index is 12.6. The molecule has 1 aromatic rings. The second-order valence-corrected chi connectivity index (χ2v) is 5.75. The van der Waals surface area contributed by atoms with E-state index in [1.54, 1.807) is 14.2 Å². The van der Waals surface area contributed by atoms with Gasteiger partial charge in [0.2, 0.25) is 5.91 Å². The van der Waals surface area contributed by atoms with E-state index < -0.39 is 0 Å². The van der Waals surface area contributed by atoms with Gasteiger partial charge in [0.1, 0.15) is 17.5 Å². The zero-order chi connectivity index (χ0) is 14.9. The summed E-state index contributed by atoms with van der Waals surface area (Å²) in [6, 6.07) is 7.92. The van der Waals surface area contributed by atoms with Crippen LogP contribution in [0.25, 0.3) is 0 Å². The summed E-state index contributed by atoms with van der Waals surface area (Å²) >= 11 is 0. The van der Waals surface area contributed by atoms with Crippen molar-refractivity contribution in [2.24, 2.45) is 0 Å². The smallest absolute Gasteiger partial charge is 0.244 e. The van der Waals surface area contributed by atoms with Gasteiger partial charge in [0.25, 0.3) is 0 Å². The zero-order valence-corrected chi connectivity index (χ0v) is 12.6. The highest BCUT2D eigenvalue weighted by molar-refractivity contribution is 5.92. The lowest BCUT2D eigenvalue weighted by Crippen LogP contribution is -2.33. The van der Waals surface area contributed by atoms with Gasteiger partial charge in [0, 0.05) is 20.3 Å². The summed E-state index contributed by atoms with van der Waals surface area (Å²) in [4.78, 5) is 14.6. The average Bonchev–Trinajstić information content (AvgIpc) is 3.24. The minimum absolute atomic E-state index is 0.0630. The Hall–Kier alpha value is -1.59. The maximum atomic E-state index is 12.6. The first kappa shape index (κ1) is 14.4. The topological polar surface area (TPSA) is 50.8 Å². The third kappa shape index (κ3) is 2.63. The fourth-order valence-electron chi connectivity index (χ4n) is 2.96. The van der Waals surface area contributed by atoms with Gasteiger partial charge < -0.3 is 14.4 Å². The molecule has 3 rings (SSSR count). The van der Waals surface area contributed by atoms with E-state index >= 15 is 0 Å². The Balaban J connectivity index is 1.82. The van der Waals surface area contributed by atoms with E-state index in [9.17, 15) is 4.79 Å². The Morgan fingerprint density at radius 2 is 2.19 bits per heavy atom. The predicted molar refractivity (Wildman–Crippen MR) is 79.0 cm³/mol. The Morgan fingerprint density at radius 1 is 1.38 bits per heavy atom. The van der Waals surface area contributed by atoms with Gasteiger partial charge in [-0.15, -0.1) is 0 Å². The summed E-state index contributed by atoms with van der Waals surface area (Å²) < 4.78 is 10.4. The molecule has 1 aliphatic carbocycles. The van der Waals surface area contributed by atoms with Crippen LogP contribution in [-0.4, -0.2) is 43.7 Å². The molecule has 1 N–H and O–H groups in total. The maximum Gasteiger partial charge on any atom is 0.244 e. The highest BCUT2D eigenvalue weighted by Crippen LogP contribution is 2.46. The van der Waals surface area contributed by atoms with E-state index in [-0.39, 0.29) is 17.6 Å². The first-order chi connectivity index (χ1) is 10.2. The highest BCUT2D eigenvalue weighted by Gasteiger charge is 2.59. The number of benzene rings is 1. The lowest BCUT2D eigenvalue weighted by atomic mass is 10.1. The predicted octanol–water partition coefficient (Wildman–Crippen LogP) is 1.69. The van der Waals surface area contributed by atoms with Crippen molar-refractivity contribution in [3.63, 3.8) is 0 Å². The zero-order valence-electron chi connectivity index (χ0n) is 12.6. The first-order valence-corrected chi connectivity index (χ1v) is 7.42. The number of ether oxygens (including phenoxy) is 2. The van der Waals surface area contributed by atoms with Gasteiger partial charge in [0.15, 0.2) is 0 Å². The van der Waals surface area contributed by atoms with Crippen molar-refractivity contribution in [1.29, 1.82) is 0 Å². The Kier molecular flexibility index (Phi) is 3.87. The van der Waals surface area contributed by atoms with Gasteiger partial charge in [-0.2, -0.15) is 0 Å². The summed E-state index contributed by atoms with van der Waals surface area (Å²) in [7, 11) is 3.34. The van der Waals surface area contributed by atoms with Crippen LogP contribution in [0.4, 0.5) is 0 Å². The standard InChI is InChI=1S/C16H22N2O3/c1-20-10-4-9-18-14(17-16(7-8-16)15(18)19)12-5-3-6-13(11-12)21-2/h3,5-6,11,14,17H,4,7-10H2,1-2H3. The average molecular weight is 290 g/mol. The van der Waals surface area contributed by atoms with Crippen LogP contribution in [0.2, 0.25) is 0 Å². The molecule has 1 heterocycles. The number of nitrogens with one attached hydrogen (secondary N) is 1. The van der Waals surface area contributed by atoms with Gasteiger partial charge in [-0.3, -0.25) is 10.1 Å². The first-order valence-electron chi connectivity index (χ1n) is 7.42. The van der Waals surface area contributed by atoms with Crippen molar-refractivity contribution in [1.82, 2.24) is 10.2 Å². The van der Waals surface area contributed by atoms with Gasteiger partial charge in [-0.25, -0.2) is 0 Å². The summed E-state index contributed by atoms with van der Waals surface area (Å²) in [5.74, 6) is 1.04. The molecule has 1 saturated carbocycles. The summed E-state index contributed by atoms with van der Waals surface area (Å²) in [5, 5.41) is 3.52. The molecule has 2 fully saturated rings. The van der Waals surface area contributed by atoms with Crippen molar-refractivity contribution < 1.29 is 14.3 Å². The number of hydrogen-bond acceptors (Lipinski definition) is 4. The van der Waals surface area contributed by atoms with Gasteiger partial charge in [-0.05, 0) is 37.0 Å². The molecule has 0 radical (unpaired) electrons. The summed E-state index contributed by atoms with van der Waals surface area (Å²) in [6.07, 6.45) is 2.66. The molecular formula is C16H22N2O3. The number of hydrogen-bond donors (Lipinski definition) is 1. The number of amides is 1. The molecule has 1 unspecified atom stereocenters. The molecular weight excluding hydrogens is 268 g/mol. The van der Waals surface area contributed by atoms with E-state index in [0.29, 0.717) is 13.2 Å². The molecule has 1 saturated heterocycles. The van der Waals surface area contributed by atoms with Crippen molar-refractivity contribution in [3.8, 4) is 5.75 Å². The number of carbonyl (C=O) groups excluding carboxylic acids is 1. The molecule has 1 atom stereocenters. The molecule has 2 aliphatic rings. The number of methoxy groups -OCH3 is 2. The van der Waals surface area contributed by atoms with E-state index in [0.717, 1.165) is 30.6 Å². The number of carbonyl (C=O) groups is 1. The van der Waals surface area contributed by atoms with Crippen molar-refractivity contribution in [2.45, 2.75) is 31.0 Å². The molecule has 0 aromatic heterocycles. The summed E-state index contributed by atoms with van der Waals surface area (Å²) in [5.41, 5.74) is 0.768. The minimum atomic E-state index is -0.305. The van der Waals surface area contributed by atoms with Crippen molar-refractivity contribution in [2.75, 3.05) is 27.4 Å². The van der Waals surface area contributed by atoms with E-state index in [2.05, 4.69) is 5.32 Å². The molecule has 0 bridgehead atoms. The van der Waals surface area contributed by atoms with Crippen LogP contribution < -0.4 is 10.1 Å². The molecule has 1 amide bonds. The van der Waals surface area contributed by atoms with Crippen molar-refractivity contribution in [3.05, 3.63) is 29.8 Å². The van der Waals surface area contributed by atoms with Crippen LogP contribution in [0.5, 0.6) is 5.75 Å². The second kappa shape index (κ2) is 5.66. The fourth-order valence-corrected chi connectivity index (χ4v) is 2.96. The Labute approximate surface area is 125 Å². The fraction of sp³-hybridized carbons (Fsp3) is 0.562. The van der Waals surface area contributed by atoms with Crippen LogP contribution in [0, 0.1) is 0 Å². The minimum Gasteiger partial charge on any atom is -0.497 e. The highest BCUT2D eigenvalue weighted by atomic mass is 16.5. The molecule has 1 spiro atoms. The van der Waals surface area contributed by atoms with Gasteiger partial charge >= 0.3 is 0 Å². The third-order valence-corrected chi connectivity index (χ3v) is 4.30. The lowest BCUT2D eigenvalue weighted by Gasteiger charge is -2.24. The van der Waals surface area contributed by atoms with E-state index in [4.69, 9.17) is 9.47 Å².